The Morgan fingerprint density at radius 3 is 2.54 bits per heavy atom. The molecule has 0 bridgehead atoms. The van der Waals surface area contributed by atoms with Gasteiger partial charge in [0.15, 0.2) is 0 Å². The van der Waals surface area contributed by atoms with E-state index in [1.54, 1.807) is 11.9 Å². The Labute approximate surface area is 76.9 Å². The van der Waals surface area contributed by atoms with Crippen molar-refractivity contribution in [2.24, 2.45) is 0 Å². The summed E-state index contributed by atoms with van der Waals surface area (Å²) in [6.07, 6.45) is -0.165. The van der Waals surface area contributed by atoms with E-state index in [-0.39, 0.29) is 11.9 Å². The molecule has 0 spiro atoms. The highest BCUT2D eigenvalue weighted by molar-refractivity contribution is 5.73. The first kappa shape index (κ1) is 9.83. The van der Waals surface area contributed by atoms with E-state index in [2.05, 4.69) is 0 Å². The van der Waals surface area contributed by atoms with E-state index in [1.165, 1.54) is 11.8 Å². The Hall–Kier alpha value is -1.26. The maximum Gasteiger partial charge on any atom is 0.407 e. The molecule has 1 saturated heterocycles. The maximum absolute atomic E-state index is 11.0. The van der Waals surface area contributed by atoms with Gasteiger partial charge in [0.1, 0.15) is 0 Å². The number of likely N-dealkylation sites (tertiary alicyclic amines) is 1. The average Bonchev–Trinajstić information content (AvgIpc) is 2.50. The molecule has 74 valence electrons. The van der Waals surface area contributed by atoms with Crippen LogP contribution in [0.4, 0.5) is 4.79 Å². The fourth-order valence-corrected chi connectivity index (χ4v) is 1.49. The fourth-order valence-electron chi connectivity index (χ4n) is 1.49. The summed E-state index contributed by atoms with van der Waals surface area (Å²) >= 11 is 0. The van der Waals surface area contributed by atoms with Crippen molar-refractivity contribution in [3.05, 3.63) is 0 Å². The second kappa shape index (κ2) is 3.64. The zero-order valence-corrected chi connectivity index (χ0v) is 7.86. The molecule has 1 aliphatic rings. The standard InChI is InChI=1S/C8H14N2O3/c1-6(11)9(2)7-3-4-10(5-7)8(12)13/h7H,3-5H2,1-2H3,(H,12,13)/t7-/m0/s1. The molecule has 2 amide bonds. The van der Waals surface area contributed by atoms with Crippen molar-refractivity contribution in [1.82, 2.24) is 9.80 Å². The SMILES string of the molecule is CC(=O)N(C)[C@H]1CCN(C(=O)O)C1. The summed E-state index contributed by atoms with van der Waals surface area (Å²) in [6, 6.07) is 0.0496. The van der Waals surface area contributed by atoms with Gasteiger partial charge >= 0.3 is 6.09 Å². The number of carbonyl (C=O) groups is 2. The third-order valence-electron chi connectivity index (χ3n) is 2.48. The number of hydrogen-bond acceptors (Lipinski definition) is 2. The molecule has 0 radical (unpaired) electrons. The Balaban J connectivity index is 2.49. The van der Waals surface area contributed by atoms with Crippen molar-refractivity contribution < 1.29 is 14.7 Å². The Morgan fingerprint density at radius 1 is 1.54 bits per heavy atom. The molecule has 13 heavy (non-hydrogen) atoms. The quantitative estimate of drug-likeness (QED) is 0.637. The van der Waals surface area contributed by atoms with Crippen molar-refractivity contribution in [1.29, 1.82) is 0 Å². The van der Waals surface area contributed by atoms with E-state index < -0.39 is 6.09 Å². The average molecular weight is 186 g/mol. The molecule has 1 rings (SSSR count). The second-order valence-corrected chi connectivity index (χ2v) is 3.30. The molecule has 5 heteroatoms. The normalized spacial score (nSPS) is 21.7. The number of carbonyl (C=O) groups excluding carboxylic acids is 1. The molecule has 0 unspecified atom stereocenters. The predicted octanol–water partition coefficient (Wildman–Crippen LogP) is 0.217. The van der Waals surface area contributed by atoms with Crippen molar-refractivity contribution in [3.8, 4) is 0 Å². The van der Waals surface area contributed by atoms with Crippen LogP contribution in [-0.4, -0.2) is 53.1 Å². The Bertz CT molecular complexity index is 229. The largest absolute Gasteiger partial charge is 0.465 e. The van der Waals surface area contributed by atoms with Crippen molar-refractivity contribution in [2.75, 3.05) is 20.1 Å². The summed E-state index contributed by atoms with van der Waals surface area (Å²) in [5, 5.41) is 8.67. The van der Waals surface area contributed by atoms with Crippen LogP contribution in [0, 0.1) is 0 Å². The van der Waals surface area contributed by atoms with Crippen molar-refractivity contribution in [2.45, 2.75) is 19.4 Å². The summed E-state index contributed by atoms with van der Waals surface area (Å²) in [5.74, 6) is -0.0164. The van der Waals surface area contributed by atoms with Gasteiger partial charge in [-0.1, -0.05) is 0 Å². The van der Waals surface area contributed by atoms with Crippen LogP contribution in [0.3, 0.4) is 0 Å². The smallest absolute Gasteiger partial charge is 0.407 e. The van der Waals surface area contributed by atoms with Crippen LogP contribution in [0.15, 0.2) is 0 Å². The number of nitrogens with zero attached hydrogens (tertiary/aromatic N) is 2. The second-order valence-electron chi connectivity index (χ2n) is 3.30. The van der Waals surface area contributed by atoms with E-state index in [0.29, 0.717) is 13.1 Å². The monoisotopic (exact) mass is 186 g/mol. The predicted molar refractivity (Wildman–Crippen MR) is 46.4 cm³/mol. The molecule has 5 nitrogen and oxygen atoms in total. The van der Waals surface area contributed by atoms with Gasteiger partial charge in [0, 0.05) is 27.1 Å². The minimum atomic E-state index is -0.903. The van der Waals surface area contributed by atoms with Gasteiger partial charge in [0.2, 0.25) is 5.91 Å². The molecule has 0 aromatic carbocycles. The van der Waals surface area contributed by atoms with Crippen LogP contribution in [-0.2, 0) is 4.79 Å². The van der Waals surface area contributed by atoms with E-state index in [1.807, 2.05) is 0 Å². The van der Waals surface area contributed by atoms with Gasteiger partial charge < -0.3 is 14.9 Å². The molecule has 1 N–H and O–H groups in total. The van der Waals surface area contributed by atoms with Gasteiger partial charge in [-0.15, -0.1) is 0 Å². The fraction of sp³-hybridized carbons (Fsp3) is 0.750. The molecule has 0 aromatic heterocycles. The summed E-state index contributed by atoms with van der Waals surface area (Å²) < 4.78 is 0. The lowest BCUT2D eigenvalue weighted by molar-refractivity contribution is -0.129. The van der Waals surface area contributed by atoms with Crippen molar-refractivity contribution in [3.63, 3.8) is 0 Å². The number of rotatable bonds is 1. The van der Waals surface area contributed by atoms with Gasteiger partial charge in [-0.05, 0) is 6.42 Å². The minimum Gasteiger partial charge on any atom is -0.465 e. The molecule has 1 heterocycles. The number of amides is 2. The first-order valence-corrected chi connectivity index (χ1v) is 4.23. The highest BCUT2D eigenvalue weighted by Gasteiger charge is 2.29. The highest BCUT2D eigenvalue weighted by atomic mass is 16.4. The van der Waals surface area contributed by atoms with E-state index >= 15 is 0 Å². The molecule has 1 fully saturated rings. The van der Waals surface area contributed by atoms with Crippen LogP contribution < -0.4 is 0 Å². The highest BCUT2D eigenvalue weighted by Crippen LogP contribution is 2.14. The van der Waals surface area contributed by atoms with Crippen LogP contribution >= 0.6 is 0 Å². The van der Waals surface area contributed by atoms with E-state index in [9.17, 15) is 9.59 Å². The number of likely N-dealkylation sites (N-methyl/N-ethyl adjacent to an activating group) is 1. The Morgan fingerprint density at radius 2 is 2.15 bits per heavy atom. The third kappa shape index (κ3) is 2.11. The first-order valence-electron chi connectivity index (χ1n) is 4.23. The molecular formula is C8H14N2O3. The molecule has 1 atom stereocenters. The summed E-state index contributed by atoms with van der Waals surface area (Å²) in [4.78, 5) is 24.5. The summed E-state index contributed by atoms with van der Waals surface area (Å²) in [6.45, 7) is 2.45. The van der Waals surface area contributed by atoms with Gasteiger partial charge in [-0.2, -0.15) is 0 Å². The lowest BCUT2D eigenvalue weighted by atomic mass is 10.2. The van der Waals surface area contributed by atoms with Crippen LogP contribution in [0.1, 0.15) is 13.3 Å². The van der Waals surface area contributed by atoms with Crippen molar-refractivity contribution >= 4 is 12.0 Å². The first-order chi connectivity index (χ1) is 6.02. The van der Waals surface area contributed by atoms with Crippen LogP contribution in [0.2, 0.25) is 0 Å². The molecule has 1 aliphatic heterocycles. The molecule has 0 saturated carbocycles. The lowest BCUT2D eigenvalue weighted by Gasteiger charge is -2.22. The van der Waals surface area contributed by atoms with E-state index in [0.717, 1.165) is 6.42 Å². The maximum atomic E-state index is 11.0. The van der Waals surface area contributed by atoms with Crippen LogP contribution in [0.5, 0.6) is 0 Å². The number of hydrogen-bond donors (Lipinski definition) is 1. The minimum absolute atomic E-state index is 0.0164. The van der Waals surface area contributed by atoms with Gasteiger partial charge in [-0.25, -0.2) is 4.79 Å². The Kier molecular flexibility index (Phi) is 2.75. The lowest BCUT2D eigenvalue weighted by Crippen LogP contribution is -2.38. The molecule has 0 aromatic rings. The summed E-state index contributed by atoms with van der Waals surface area (Å²) in [7, 11) is 1.71. The molecular weight excluding hydrogens is 172 g/mol. The topological polar surface area (TPSA) is 60.9 Å². The molecule has 0 aliphatic carbocycles. The van der Waals surface area contributed by atoms with Gasteiger partial charge in [0.05, 0.1) is 6.04 Å². The third-order valence-corrected chi connectivity index (χ3v) is 2.48. The van der Waals surface area contributed by atoms with Crippen LogP contribution in [0.25, 0.3) is 0 Å². The van der Waals surface area contributed by atoms with Gasteiger partial charge in [0.25, 0.3) is 0 Å². The van der Waals surface area contributed by atoms with Gasteiger partial charge in [-0.3, -0.25) is 4.79 Å². The number of carboxylic acid groups (broad SMARTS) is 1. The zero-order chi connectivity index (χ0) is 10.0. The summed E-state index contributed by atoms with van der Waals surface area (Å²) in [5.41, 5.74) is 0. The van der Waals surface area contributed by atoms with E-state index in [4.69, 9.17) is 5.11 Å². The zero-order valence-electron chi connectivity index (χ0n) is 7.86.